The normalized spacial score (nSPS) is 14.1. The van der Waals surface area contributed by atoms with Crippen molar-refractivity contribution in [3.8, 4) is 11.8 Å². The lowest BCUT2D eigenvalue weighted by Crippen LogP contribution is -2.24. The summed E-state index contributed by atoms with van der Waals surface area (Å²) in [5, 5.41) is 18.3. The van der Waals surface area contributed by atoms with Crippen LogP contribution in [0.2, 0.25) is 0 Å². The number of methoxy groups -OCH3 is 1. The van der Waals surface area contributed by atoms with Crippen LogP contribution in [0.25, 0.3) is 0 Å². The Morgan fingerprint density at radius 2 is 2.14 bits per heavy atom. The van der Waals surface area contributed by atoms with Gasteiger partial charge in [-0.25, -0.2) is 0 Å². The third-order valence-corrected chi connectivity index (χ3v) is 1.97. The van der Waals surface area contributed by atoms with Gasteiger partial charge in [-0.3, -0.25) is 0 Å². The zero-order chi connectivity index (χ0) is 10.6. The lowest BCUT2D eigenvalue weighted by molar-refractivity contribution is 0.119. The molecule has 0 aliphatic carbocycles. The number of benzene rings is 1. The Morgan fingerprint density at radius 1 is 1.50 bits per heavy atom. The maximum absolute atomic E-state index is 9.58. The Labute approximate surface area is 83.6 Å². The molecule has 1 N–H and O–H groups in total. The molecule has 0 aromatic heterocycles. The Morgan fingerprint density at radius 3 is 2.71 bits per heavy atom. The fraction of sp³-hybridized carbons (Fsp3) is 0.364. The minimum atomic E-state index is -1.34. The standard InChI is InChI=1S/C11H13NO2/c1-11(13,8-12)7-9-5-3-4-6-10(9)14-2/h3-6,13H,7H2,1-2H3. The molecule has 1 aromatic rings. The Balaban J connectivity index is 2.92. The summed E-state index contributed by atoms with van der Waals surface area (Å²) in [5.74, 6) is 0.697. The van der Waals surface area contributed by atoms with E-state index in [1.165, 1.54) is 6.92 Å². The van der Waals surface area contributed by atoms with E-state index in [9.17, 15) is 5.11 Å². The van der Waals surface area contributed by atoms with Gasteiger partial charge in [0.2, 0.25) is 0 Å². The fourth-order valence-corrected chi connectivity index (χ4v) is 1.26. The molecule has 0 saturated heterocycles. The molecule has 14 heavy (non-hydrogen) atoms. The first-order chi connectivity index (χ1) is 6.59. The van der Waals surface area contributed by atoms with Crippen molar-refractivity contribution < 1.29 is 9.84 Å². The SMILES string of the molecule is COc1ccccc1CC(C)(O)C#N. The summed E-state index contributed by atoms with van der Waals surface area (Å²) < 4.78 is 5.12. The van der Waals surface area contributed by atoms with E-state index < -0.39 is 5.60 Å². The van der Waals surface area contributed by atoms with Crippen LogP contribution >= 0.6 is 0 Å². The van der Waals surface area contributed by atoms with Crippen LogP contribution in [0.15, 0.2) is 24.3 Å². The topological polar surface area (TPSA) is 53.2 Å². The summed E-state index contributed by atoms with van der Waals surface area (Å²) in [5.41, 5.74) is -0.504. The molecule has 0 fully saturated rings. The van der Waals surface area contributed by atoms with Crippen LogP contribution in [0.1, 0.15) is 12.5 Å². The van der Waals surface area contributed by atoms with E-state index in [1.807, 2.05) is 30.3 Å². The number of rotatable bonds is 3. The van der Waals surface area contributed by atoms with E-state index in [0.717, 1.165) is 5.56 Å². The molecule has 74 valence electrons. The molecule has 1 unspecified atom stereocenters. The quantitative estimate of drug-likeness (QED) is 0.737. The minimum absolute atomic E-state index is 0.271. The van der Waals surface area contributed by atoms with Gasteiger partial charge in [0.25, 0.3) is 0 Å². The van der Waals surface area contributed by atoms with Crippen molar-refractivity contribution in [1.82, 2.24) is 0 Å². The Kier molecular flexibility index (Phi) is 3.10. The Bertz CT molecular complexity index is 353. The average Bonchev–Trinajstić information content (AvgIpc) is 2.18. The number of aliphatic hydroxyl groups is 1. The van der Waals surface area contributed by atoms with Crippen molar-refractivity contribution in [2.24, 2.45) is 0 Å². The smallest absolute Gasteiger partial charge is 0.152 e. The van der Waals surface area contributed by atoms with E-state index in [1.54, 1.807) is 7.11 Å². The number of ether oxygens (including phenoxy) is 1. The third kappa shape index (κ3) is 2.48. The van der Waals surface area contributed by atoms with Crippen LogP contribution in [-0.4, -0.2) is 17.8 Å². The second kappa shape index (κ2) is 4.12. The summed E-state index contributed by atoms with van der Waals surface area (Å²) in [6.07, 6.45) is 0.271. The van der Waals surface area contributed by atoms with E-state index in [4.69, 9.17) is 10.00 Å². The molecule has 3 heteroatoms. The van der Waals surface area contributed by atoms with Crippen LogP contribution in [0, 0.1) is 11.3 Å². The molecule has 1 aromatic carbocycles. The van der Waals surface area contributed by atoms with Gasteiger partial charge in [-0.05, 0) is 18.6 Å². The number of nitrogens with zero attached hydrogens (tertiary/aromatic N) is 1. The monoisotopic (exact) mass is 191 g/mol. The lowest BCUT2D eigenvalue weighted by atomic mass is 9.97. The summed E-state index contributed by atoms with van der Waals surface area (Å²) in [6.45, 7) is 1.49. The van der Waals surface area contributed by atoms with Crippen LogP contribution in [0.3, 0.4) is 0 Å². The molecule has 0 saturated carbocycles. The largest absolute Gasteiger partial charge is 0.496 e. The van der Waals surface area contributed by atoms with Crippen molar-refractivity contribution >= 4 is 0 Å². The molecule has 0 radical (unpaired) electrons. The van der Waals surface area contributed by atoms with Gasteiger partial charge in [-0.2, -0.15) is 5.26 Å². The average molecular weight is 191 g/mol. The predicted molar refractivity (Wildman–Crippen MR) is 52.9 cm³/mol. The molecule has 0 aliphatic rings. The van der Waals surface area contributed by atoms with Gasteiger partial charge in [0, 0.05) is 6.42 Å². The van der Waals surface area contributed by atoms with Crippen LogP contribution < -0.4 is 4.74 Å². The van der Waals surface area contributed by atoms with Gasteiger partial charge in [0.1, 0.15) is 5.75 Å². The summed E-state index contributed by atoms with van der Waals surface area (Å²) >= 11 is 0. The summed E-state index contributed by atoms with van der Waals surface area (Å²) in [7, 11) is 1.57. The molecular weight excluding hydrogens is 178 g/mol. The number of nitriles is 1. The Hall–Kier alpha value is -1.53. The molecule has 0 heterocycles. The highest BCUT2D eigenvalue weighted by molar-refractivity contribution is 5.35. The molecule has 1 atom stereocenters. The van der Waals surface area contributed by atoms with E-state index in [0.29, 0.717) is 5.75 Å². The number of hydrogen-bond donors (Lipinski definition) is 1. The molecular formula is C11H13NO2. The maximum atomic E-state index is 9.58. The second-order valence-electron chi connectivity index (χ2n) is 3.37. The van der Waals surface area contributed by atoms with Crippen molar-refractivity contribution in [2.75, 3.05) is 7.11 Å². The van der Waals surface area contributed by atoms with E-state index >= 15 is 0 Å². The molecule has 0 bridgehead atoms. The second-order valence-corrected chi connectivity index (χ2v) is 3.37. The summed E-state index contributed by atoms with van der Waals surface area (Å²) in [6, 6.07) is 9.19. The van der Waals surface area contributed by atoms with Gasteiger partial charge in [0.05, 0.1) is 13.2 Å². The van der Waals surface area contributed by atoms with E-state index in [-0.39, 0.29) is 6.42 Å². The van der Waals surface area contributed by atoms with Crippen LogP contribution in [-0.2, 0) is 6.42 Å². The van der Waals surface area contributed by atoms with Gasteiger partial charge >= 0.3 is 0 Å². The van der Waals surface area contributed by atoms with Gasteiger partial charge in [-0.1, -0.05) is 18.2 Å². The number of para-hydroxylation sites is 1. The first-order valence-corrected chi connectivity index (χ1v) is 4.34. The molecule has 0 aliphatic heterocycles. The maximum Gasteiger partial charge on any atom is 0.152 e. The molecule has 0 spiro atoms. The first kappa shape index (κ1) is 10.6. The van der Waals surface area contributed by atoms with Crippen LogP contribution in [0.4, 0.5) is 0 Å². The third-order valence-electron chi connectivity index (χ3n) is 1.97. The van der Waals surface area contributed by atoms with Gasteiger partial charge in [0.15, 0.2) is 5.60 Å². The van der Waals surface area contributed by atoms with Gasteiger partial charge < -0.3 is 9.84 Å². The van der Waals surface area contributed by atoms with Crippen molar-refractivity contribution in [1.29, 1.82) is 5.26 Å². The van der Waals surface area contributed by atoms with Crippen molar-refractivity contribution in [3.63, 3.8) is 0 Å². The molecule has 1 rings (SSSR count). The zero-order valence-corrected chi connectivity index (χ0v) is 8.32. The first-order valence-electron chi connectivity index (χ1n) is 4.34. The fourth-order valence-electron chi connectivity index (χ4n) is 1.26. The summed E-state index contributed by atoms with van der Waals surface area (Å²) in [4.78, 5) is 0. The highest BCUT2D eigenvalue weighted by atomic mass is 16.5. The highest BCUT2D eigenvalue weighted by Gasteiger charge is 2.21. The molecule has 3 nitrogen and oxygen atoms in total. The highest BCUT2D eigenvalue weighted by Crippen LogP contribution is 2.22. The lowest BCUT2D eigenvalue weighted by Gasteiger charge is -2.15. The van der Waals surface area contributed by atoms with E-state index in [2.05, 4.69) is 0 Å². The van der Waals surface area contributed by atoms with Gasteiger partial charge in [-0.15, -0.1) is 0 Å². The van der Waals surface area contributed by atoms with Crippen molar-refractivity contribution in [2.45, 2.75) is 18.9 Å². The zero-order valence-electron chi connectivity index (χ0n) is 8.32. The minimum Gasteiger partial charge on any atom is -0.496 e. The predicted octanol–water partition coefficient (Wildman–Crippen LogP) is 1.51. The van der Waals surface area contributed by atoms with Crippen LogP contribution in [0.5, 0.6) is 5.75 Å². The van der Waals surface area contributed by atoms with Crippen molar-refractivity contribution in [3.05, 3.63) is 29.8 Å². The number of hydrogen-bond acceptors (Lipinski definition) is 3. The molecule has 0 amide bonds.